The van der Waals surface area contributed by atoms with E-state index in [0.29, 0.717) is 12.2 Å². The second-order valence-corrected chi connectivity index (χ2v) is 6.08. The molecule has 0 radical (unpaired) electrons. The highest BCUT2D eigenvalue weighted by Gasteiger charge is 2.08. The lowest BCUT2D eigenvalue weighted by atomic mass is 10.0. The summed E-state index contributed by atoms with van der Waals surface area (Å²) in [7, 11) is 1.64. The van der Waals surface area contributed by atoms with Crippen molar-refractivity contribution in [2.24, 2.45) is 0 Å². The van der Waals surface area contributed by atoms with Gasteiger partial charge in [0.2, 0.25) is 0 Å². The van der Waals surface area contributed by atoms with Crippen LogP contribution in [0.2, 0.25) is 0 Å². The van der Waals surface area contributed by atoms with Crippen molar-refractivity contribution in [2.75, 3.05) is 19.0 Å². The van der Waals surface area contributed by atoms with Crippen LogP contribution < -0.4 is 14.8 Å². The SMILES string of the molecule is COc1ccccc1-c1cccc(CNc2ccc(OCC(=O)O)c(F)c2)c1. The summed E-state index contributed by atoms with van der Waals surface area (Å²) >= 11 is 0. The van der Waals surface area contributed by atoms with Crippen LogP contribution in [0.3, 0.4) is 0 Å². The smallest absolute Gasteiger partial charge is 0.341 e. The Kier molecular flexibility index (Phi) is 6.11. The molecule has 6 heteroatoms. The molecule has 0 amide bonds. The number of rotatable bonds is 8. The van der Waals surface area contributed by atoms with Crippen LogP contribution in [-0.2, 0) is 11.3 Å². The zero-order chi connectivity index (χ0) is 19.9. The van der Waals surface area contributed by atoms with Gasteiger partial charge in [-0.15, -0.1) is 0 Å². The fourth-order valence-electron chi connectivity index (χ4n) is 2.80. The summed E-state index contributed by atoms with van der Waals surface area (Å²) in [5, 5.41) is 11.8. The van der Waals surface area contributed by atoms with Crippen molar-refractivity contribution in [2.45, 2.75) is 6.54 Å². The third-order valence-electron chi connectivity index (χ3n) is 4.12. The molecule has 0 aliphatic rings. The van der Waals surface area contributed by atoms with Crippen molar-refractivity contribution in [3.8, 4) is 22.6 Å². The molecule has 0 heterocycles. The molecule has 28 heavy (non-hydrogen) atoms. The lowest BCUT2D eigenvalue weighted by molar-refractivity contribution is -0.139. The van der Waals surface area contributed by atoms with Gasteiger partial charge in [-0.25, -0.2) is 9.18 Å². The molecule has 0 saturated carbocycles. The Balaban J connectivity index is 1.70. The molecule has 0 aliphatic carbocycles. The van der Waals surface area contributed by atoms with Gasteiger partial charge in [0.25, 0.3) is 0 Å². The summed E-state index contributed by atoms with van der Waals surface area (Å²) in [6.07, 6.45) is 0. The maximum absolute atomic E-state index is 14.0. The molecule has 0 fully saturated rings. The number of ether oxygens (including phenoxy) is 2. The van der Waals surface area contributed by atoms with Crippen molar-refractivity contribution in [1.29, 1.82) is 0 Å². The molecule has 144 valence electrons. The van der Waals surface area contributed by atoms with E-state index in [0.717, 1.165) is 22.4 Å². The van der Waals surface area contributed by atoms with Crippen LogP contribution in [-0.4, -0.2) is 24.8 Å². The number of carboxylic acids is 1. The predicted octanol–water partition coefficient (Wildman–Crippen LogP) is 4.58. The lowest BCUT2D eigenvalue weighted by Crippen LogP contribution is -2.10. The fraction of sp³-hybridized carbons (Fsp3) is 0.136. The highest BCUT2D eigenvalue weighted by molar-refractivity contribution is 5.71. The fourth-order valence-corrected chi connectivity index (χ4v) is 2.80. The van der Waals surface area contributed by atoms with E-state index in [9.17, 15) is 9.18 Å². The van der Waals surface area contributed by atoms with E-state index in [1.807, 2.05) is 48.5 Å². The number of aliphatic carboxylic acids is 1. The van der Waals surface area contributed by atoms with Gasteiger partial charge in [-0.05, 0) is 35.4 Å². The highest BCUT2D eigenvalue weighted by Crippen LogP contribution is 2.30. The first-order chi connectivity index (χ1) is 13.6. The number of carbonyl (C=O) groups is 1. The first-order valence-corrected chi connectivity index (χ1v) is 8.67. The molecular weight excluding hydrogens is 361 g/mol. The molecule has 0 saturated heterocycles. The molecule has 3 aromatic carbocycles. The Morgan fingerprint density at radius 1 is 1.04 bits per heavy atom. The Morgan fingerprint density at radius 3 is 2.61 bits per heavy atom. The Labute approximate surface area is 162 Å². The van der Waals surface area contributed by atoms with Crippen LogP contribution in [0.1, 0.15) is 5.56 Å². The van der Waals surface area contributed by atoms with Gasteiger partial charge in [-0.3, -0.25) is 0 Å². The van der Waals surface area contributed by atoms with E-state index >= 15 is 0 Å². The number of hydrogen-bond donors (Lipinski definition) is 2. The van der Waals surface area contributed by atoms with E-state index in [-0.39, 0.29) is 5.75 Å². The summed E-state index contributed by atoms with van der Waals surface area (Å²) in [6.45, 7) is -0.0861. The van der Waals surface area contributed by atoms with E-state index < -0.39 is 18.4 Å². The van der Waals surface area contributed by atoms with Gasteiger partial charge < -0.3 is 19.9 Å². The number of nitrogens with one attached hydrogen (secondary N) is 1. The first-order valence-electron chi connectivity index (χ1n) is 8.67. The number of para-hydroxylation sites is 1. The van der Waals surface area contributed by atoms with Gasteiger partial charge in [0, 0.05) is 23.9 Å². The molecule has 0 spiro atoms. The second-order valence-electron chi connectivity index (χ2n) is 6.08. The Bertz CT molecular complexity index is 974. The van der Waals surface area contributed by atoms with Crippen molar-refractivity contribution in [1.82, 2.24) is 0 Å². The van der Waals surface area contributed by atoms with Crippen LogP contribution in [0.15, 0.2) is 66.7 Å². The van der Waals surface area contributed by atoms with Crippen LogP contribution in [0.25, 0.3) is 11.1 Å². The molecule has 0 atom stereocenters. The monoisotopic (exact) mass is 381 g/mol. The maximum Gasteiger partial charge on any atom is 0.341 e. The highest BCUT2D eigenvalue weighted by atomic mass is 19.1. The molecular formula is C22H20FNO4. The van der Waals surface area contributed by atoms with Gasteiger partial charge in [-0.1, -0.05) is 36.4 Å². The molecule has 2 N–H and O–H groups in total. The normalized spacial score (nSPS) is 10.4. The molecule has 0 unspecified atom stereocenters. The zero-order valence-electron chi connectivity index (χ0n) is 15.3. The largest absolute Gasteiger partial charge is 0.496 e. The van der Waals surface area contributed by atoms with Crippen molar-refractivity contribution >= 4 is 11.7 Å². The van der Waals surface area contributed by atoms with E-state index in [1.165, 1.54) is 12.1 Å². The number of halogens is 1. The topological polar surface area (TPSA) is 67.8 Å². The Hall–Kier alpha value is -3.54. The maximum atomic E-state index is 14.0. The molecule has 3 rings (SSSR count). The lowest BCUT2D eigenvalue weighted by Gasteiger charge is -2.12. The van der Waals surface area contributed by atoms with E-state index in [2.05, 4.69) is 5.32 Å². The summed E-state index contributed by atoms with van der Waals surface area (Å²) in [5.41, 5.74) is 3.62. The average Bonchev–Trinajstić information content (AvgIpc) is 2.71. The van der Waals surface area contributed by atoms with Crippen LogP contribution in [0, 0.1) is 5.82 Å². The zero-order valence-corrected chi connectivity index (χ0v) is 15.3. The van der Waals surface area contributed by atoms with Crippen LogP contribution in [0.4, 0.5) is 10.1 Å². The van der Waals surface area contributed by atoms with Crippen molar-refractivity contribution in [3.05, 3.63) is 78.1 Å². The third kappa shape index (κ3) is 4.79. The van der Waals surface area contributed by atoms with E-state index in [1.54, 1.807) is 13.2 Å². The predicted molar refractivity (Wildman–Crippen MR) is 105 cm³/mol. The average molecular weight is 381 g/mol. The summed E-state index contributed by atoms with van der Waals surface area (Å²) < 4.78 is 24.3. The summed E-state index contributed by atoms with van der Waals surface area (Å²) in [4.78, 5) is 10.5. The Morgan fingerprint density at radius 2 is 1.86 bits per heavy atom. The first kappa shape index (κ1) is 19.2. The number of hydrogen-bond acceptors (Lipinski definition) is 4. The second kappa shape index (κ2) is 8.90. The van der Waals surface area contributed by atoms with Crippen LogP contribution >= 0.6 is 0 Å². The van der Waals surface area contributed by atoms with E-state index in [4.69, 9.17) is 14.6 Å². The van der Waals surface area contributed by atoms with Crippen molar-refractivity contribution < 1.29 is 23.8 Å². The molecule has 0 aromatic heterocycles. The minimum absolute atomic E-state index is 0.0916. The standard InChI is InChI=1S/C22H20FNO4/c1-27-20-8-3-2-7-18(20)16-6-4-5-15(11-16)13-24-17-9-10-21(19(23)12-17)28-14-22(25)26/h2-12,24H,13-14H2,1H3,(H,25,26). The van der Waals surface area contributed by atoms with Gasteiger partial charge >= 0.3 is 5.97 Å². The van der Waals surface area contributed by atoms with Crippen molar-refractivity contribution in [3.63, 3.8) is 0 Å². The number of anilines is 1. The summed E-state index contributed by atoms with van der Waals surface area (Å²) in [5.74, 6) is -1.07. The minimum Gasteiger partial charge on any atom is -0.496 e. The summed E-state index contributed by atoms with van der Waals surface area (Å²) in [6, 6.07) is 20.1. The van der Waals surface area contributed by atoms with Gasteiger partial charge in [0.15, 0.2) is 18.2 Å². The van der Waals surface area contributed by atoms with Gasteiger partial charge in [-0.2, -0.15) is 0 Å². The number of methoxy groups -OCH3 is 1. The molecule has 3 aromatic rings. The quantitative estimate of drug-likeness (QED) is 0.598. The third-order valence-corrected chi connectivity index (χ3v) is 4.12. The molecule has 0 bridgehead atoms. The minimum atomic E-state index is -1.16. The van der Waals surface area contributed by atoms with Gasteiger partial charge in [0.1, 0.15) is 5.75 Å². The molecule has 5 nitrogen and oxygen atoms in total. The van der Waals surface area contributed by atoms with Gasteiger partial charge in [0.05, 0.1) is 7.11 Å². The molecule has 0 aliphatic heterocycles. The van der Waals surface area contributed by atoms with Crippen LogP contribution in [0.5, 0.6) is 11.5 Å². The number of carboxylic acid groups (broad SMARTS) is 1. The number of benzene rings is 3.